The average Bonchev–Trinajstić information content (AvgIpc) is 3.82. The molecule has 0 amide bonds. The van der Waals surface area contributed by atoms with Crippen LogP contribution in [-0.4, -0.2) is 4.98 Å². The maximum Gasteiger partial charge on any atom is 0.171 e. The third-order valence-electron chi connectivity index (χ3n) is 10.7. The first-order valence-corrected chi connectivity index (χ1v) is 20.6. The van der Waals surface area contributed by atoms with Gasteiger partial charge in [-0.3, -0.25) is 0 Å². The van der Waals surface area contributed by atoms with Gasteiger partial charge in [-0.05, 0) is 48.0 Å². The first-order chi connectivity index (χ1) is 26.6. The highest BCUT2D eigenvalue weighted by Crippen LogP contribution is 2.49. The molecule has 0 bridgehead atoms. The Morgan fingerprint density at radius 3 is 1.81 bits per heavy atom. The van der Waals surface area contributed by atoms with Gasteiger partial charge in [0.25, 0.3) is 0 Å². The number of thiophene rings is 1. The lowest BCUT2D eigenvalue weighted by atomic mass is 9.92. The Labute approximate surface area is 315 Å². The molecule has 0 radical (unpaired) electrons. The molecule has 0 atom stereocenters. The van der Waals surface area contributed by atoms with E-state index in [4.69, 9.17) is 9.40 Å². The SMILES string of the molecule is O=P(c1ccccc1)(c1ccccc1)c1ccc(-c2cc3c(-c4ccc5oc6ccccc6c5c4)nc4ccccc4c3c3c2sc2ccccc23)cc1. The second-order valence-corrected chi connectivity index (χ2v) is 17.6. The van der Waals surface area contributed by atoms with Gasteiger partial charge in [-0.15, -0.1) is 11.3 Å². The molecule has 3 aromatic heterocycles. The summed E-state index contributed by atoms with van der Waals surface area (Å²) in [5, 5.41) is 10.5. The van der Waals surface area contributed by atoms with Crippen LogP contribution in [0.3, 0.4) is 0 Å². The van der Waals surface area contributed by atoms with Gasteiger partial charge in [-0.25, -0.2) is 4.98 Å². The van der Waals surface area contributed by atoms with E-state index in [1.807, 2.05) is 84.1 Å². The van der Waals surface area contributed by atoms with Crippen molar-refractivity contribution in [2.75, 3.05) is 0 Å². The highest BCUT2D eigenvalue weighted by molar-refractivity contribution is 7.85. The largest absolute Gasteiger partial charge is 0.456 e. The van der Waals surface area contributed by atoms with Gasteiger partial charge < -0.3 is 8.98 Å². The van der Waals surface area contributed by atoms with E-state index in [1.54, 1.807) is 0 Å². The summed E-state index contributed by atoms with van der Waals surface area (Å²) in [6, 6.07) is 62.4. The molecule has 3 nitrogen and oxygen atoms in total. The Balaban J connectivity index is 1.20. The Bertz CT molecular complexity index is 3250. The van der Waals surface area contributed by atoms with Gasteiger partial charge in [-0.2, -0.15) is 0 Å². The van der Waals surface area contributed by atoms with Gasteiger partial charge >= 0.3 is 0 Å². The van der Waals surface area contributed by atoms with Gasteiger partial charge in [-0.1, -0.05) is 140 Å². The Morgan fingerprint density at radius 1 is 0.463 bits per heavy atom. The third-order valence-corrected chi connectivity index (χ3v) is 15.0. The number of furan rings is 1. The van der Waals surface area contributed by atoms with E-state index < -0.39 is 7.14 Å². The molecule has 11 rings (SSSR count). The Hall–Kier alpha value is -6.32. The molecule has 54 heavy (non-hydrogen) atoms. The fourth-order valence-corrected chi connectivity index (χ4v) is 12.1. The van der Waals surface area contributed by atoms with Gasteiger partial charge in [0.15, 0.2) is 7.14 Å². The molecule has 0 spiro atoms. The highest BCUT2D eigenvalue weighted by Gasteiger charge is 2.30. The van der Waals surface area contributed by atoms with E-state index in [9.17, 15) is 0 Å². The van der Waals surface area contributed by atoms with Gasteiger partial charge in [0.2, 0.25) is 0 Å². The van der Waals surface area contributed by atoms with Gasteiger partial charge in [0, 0.05) is 74.1 Å². The van der Waals surface area contributed by atoms with Crippen molar-refractivity contribution in [2.24, 2.45) is 0 Å². The van der Waals surface area contributed by atoms with Crippen molar-refractivity contribution in [3.05, 3.63) is 182 Å². The normalized spacial score (nSPS) is 12.1. The molecule has 0 unspecified atom stereocenters. The average molecular weight is 728 g/mol. The van der Waals surface area contributed by atoms with Crippen LogP contribution in [0.1, 0.15) is 0 Å². The van der Waals surface area contributed by atoms with Gasteiger partial charge in [0.1, 0.15) is 11.2 Å². The smallest absolute Gasteiger partial charge is 0.171 e. The number of hydrogen-bond donors (Lipinski definition) is 0. The van der Waals surface area contributed by atoms with Crippen LogP contribution >= 0.6 is 18.5 Å². The van der Waals surface area contributed by atoms with E-state index in [0.29, 0.717) is 0 Å². The van der Waals surface area contributed by atoms with Crippen LogP contribution < -0.4 is 15.9 Å². The van der Waals surface area contributed by atoms with Crippen molar-refractivity contribution in [1.29, 1.82) is 0 Å². The summed E-state index contributed by atoms with van der Waals surface area (Å²) in [5.41, 5.74) is 6.87. The maximum absolute atomic E-state index is 15.2. The number of para-hydroxylation sites is 2. The molecule has 0 aliphatic carbocycles. The number of hydrogen-bond acceptors (Lipinski definition) is 4. The fraction of sp³-hybridized carbons (Fsp3) is 0. The van der Waals surface area contributed by atoms with E-state index >= 15 is 4.57 Å². The minimum absolute atomic E-state index is 0.811. The standard InChI is InChI=1S/C49H30NO2PS/c51-53(33-13-3-1-4-14-33,34-15-5-2-6-16-34)35-26-23-31(24-27-35)39-30-41-46(47-38-19-9-12-22-45(38)54-49(39)47)37-18-7-10-20-42(37)50-48(41)32-25-28-44-40(29-32)36-17-8-11-21-43(36)52-44/h1-30H. The molecule has 254 valence electrons. The second kappa shape index (κ2) is 12.1. The zero-order chi connectivity index (χ0) is 35.8. The van der Waals surface area contributed by atoms with Crippen LogP contribution in [0.4, 0.5) is 0 Å². The molecular formula is C49H30NO2PS. The topological polar surface area (TPSA) is 43.1 Å². The lowest BCUT2D eigenvalue weighted by Crippen LogP contribution is -2.24. The summed E-state index contributed by atoms with van der Waals surface area (Å²) < 4.78 is 23.9. The van der Waals surface area contributed by atoms with Crippen molar-refractivity contribution in [3.8, 4) is 22.4 Å². The highest BCUT2D eigenvalue weighted by atomic mass is 32.1. The number of nitrogens with zero attached hydrogens (tertiary/aromatic N) is 1. The second-order valence-electron chi connectivity index (χ2n) is 13.8. The summed E-state index contributed by atoms with van der Waals surface area (Å²) in [7, 11) is -3.12. The van der Waals surface area contributed by atoms with Crippen LogP contribution in [0.25, 0.3) is 86.2 Å². The zero-order valence-electron chi connectivity index (χ0n) is 28.9. The zero-order valence-corrected chi connectivity index (χ0v) is 30.7. The Morgan fingerprint density at radius 2 is 1.06 bits per heavy atom. The number of fused-ring (bicyclic) bond motifs is 10. The van der Waals surface area contributed by atoms with E-state index in [-0.39, 0.29) is 0 Å². The molecule has 5 heteroatoms. The summed E-state index contributed by atoms with van der Waals surface area (Å²) in [5.74, 6) is 0. The summed E-state index contributed by atoms with van der Waals surface area (Å²) >= 11 is 1.83. The van der Waals surface area contributed by atoms with Crippen molar-refractivity contribution in [2.45, 2.75) is 0 Å². The molecule has 0 aliphatic rings. The summed E-state index contributed by atoms with van der Waals surface area (Å²) in [4.78, 5) is 5.40. The third kappa shape index (κ3) is 4.67. The predicted molar refractivity (Wildman–Crippen MR) is 230 cm³/mol. The van der Waals surface area contributed by atoms with Crippen molar-refractivity contribution in [1.82, 2.24) is 4.98 Å². The van der Waals surface area contributed by atoms with Crippen LogP contribution in [0.2, 0.25) is 0 Å². The maximum atomic E-state index is 15.2. The molecule has 3 heterocycles. The van der Waals surface area contributed by atoms with Crippen LogP contribution in [0.15, 0.2) is 186 Å². The van der Waals surface area contributed by atoms with Crippen molar-refractivity contribution in [3.63, 3.8) is 0 Å². The molecule has 0 saturated carbocycles. The first kappa shape index (κ1) is 31.2. The fourth-order valence-electron chi connectivity index (χ4n) is 8.21. The lowest BCUT2D eigenvalue weighted by Gasteiger charge is -2.20. The van der Waals surface area contributed by atoms with E-state index in [2.05, 4.69) is 109 Å². The number of aromatic nitrogens is 1. The lowest BCUT2D eigenvalue weighted by molar-refractivity contribution is 0.592. The summed E-state index contributed by atoms with van der Waals surface area (Å²) in [6.45, 7) is 0. The molecule has 11 aromatic rings. The van der Waals surface area contributed by atoms with Crippen molar-refractivity contribution >= 4 is 98.2 Å². The molecule has 0 aliphatic heterocycles. The van der Waals surface area contributed by atoms with Crippen LogP contribution in [-0.2, 0) is 4.57 Å². The molecule has 0 N–H and O–H groups in total. The molecule has 0 saturated heterocycles. The van der Waals surface area contributed by atoms with E-state index in [0.717, 1.165) is 76.5 Å². The van der Waals surface area contributed by atoms with Crippen LogP contribution in [0, 0.1) is 0 Å². The predicted octanol–water partition coefficient (Wildman–Crippen LogP) is 12.6. The molecular weight excluding hydrogens is 698 g/mol. The number of pyridine rings is 1. The summed E-state index contributed by atoms with van der Waals surface area (Å²) in [6.07, 6.45) is 0. The van der Waals surface area contributed by atoms with E-state index in [1.165, 1.54) is 25.6 Å². The number of benzene rings is 8. The molecule has 8 aromatic carbocycles. The van der Waals surface area contributed by atoms with Gasteiger partial charge in [0.05, 0.1) is 11.2 Å². The first-order valence-electron chi connectivity index (χ1n) is 18.1. The minimum atomic E-state index is -3.12. The molecule has 0 fully saturated rings. The monoisotopic (exact) mass is 727 g/mol. The van der Waals surface area contributed by atoms with Crippen LogP contribution in [0.5, 0.6) is 0 Å². The van der Waals surface area contributed by atoms with Crippen molar-refractivity contribution < 1.29 is 8.98 Å². The minimum Gasteiger partial charge on any atom is -0.456 e. The quantitative estimate of drug-likeness (QED) is 0.131. The Kier molecular flexibility index (Phi) is 7.00. The number of rotatable bonds is 5.